The Morgan fingerprint density at radius 3 is 2.60 bits per heavy atom. The van der Waals surface area contributed by atoms with Gasteiger partial charge in [0.05, 0.1) is 12.2 Å². The maximum Gasteiger partial charge on any atom is 0.341 e. The lowest BCUT2D eigenvalue weighted by Crippen LogP contribution is -2.33. The van der Waals surface area contributed by atoms with E-state index in [1.54, 1.807) is 6.92 Å². The zero-order chi connectivity index (χ0) is 21.7. The van der Waals surface area contributed by atoms with Crippen molar-refractivity contribution in [2.24, 2.45) is 0 Å². The Kier molecular flexibility index (Phi) is 7.53. The summed E-state index contributed by atoms with van der Waals surface area (Å²) in [6.45, 7) is 8.32. The van der Waals surface area contributed by atoms with Crippen LogP contribution in [0.2, 0.25) is 0 Å². The average molecular weight is 430 g/mol. The Morgan fingerprint density at radius 2 is 1.90 bits per heavy atom. The largest absolute Gasteiger partial charge is 0.480 e. The van der Waals surface area contributed by atoms with Crippen LogP contribution >= 0.6 is 11.3 Å². The van der Waals surface area contributed by atoms with Gasteiger partial charge in [-0.2, -0.15) is 0 Å². The van der Waals surface area contributed by atoms with Crippen molar-refractivity contribution in [1.82, 2.24) is 0 Å². The van der Waals surface area contributed by atoms with E-state index in [9.17, 15) is 9.59 Å². The number of para-hydroxylation sites is 1. The summed E-state index contributed by atoms with van der Waals surface area (Å²) in [6.07, 6.45) is 3.72. The summed E-state index contributed by atoms with van der Waals surface area (Å²) >= 11 is 1.49. The van der Waals surface area contributed by atoms with Crippen molar-refractivity contribution in [2.75, 3.05) is 11.9 Å². The smallest absolute Gasteiger partial charge is 0.341 e. The van der Waals surface area contributed by atoms with Gasteiger partial charge in [0.1, 0.15) is 10.8 Å². The number of amides is 1. The number of hydrogen-bond acceptors (Lipinski definition) is 5. The number of esters is 1. The molecule has 5 nitrogen and oxygen atoms in total. The highest BCUT2D eigenvalue weighted by Crippen LogP contribution is 2.39. The summed E-state index contributed by atoms with van der Waals surface area (Å²) in [5.74, 6) is 0.496. The number of fused-ring (bicyclic) bond motifs is 1. The minimum atomic E-state index is -0.637. The lowest BCUT2D eigenvalue weighted by atomic mass is 9.98. The summed E-state index contributed by atoms with van der Waals surface area (Å²) in [5.41, 5.74) is 2.66. The van der Waals surface area contributed by atoms with Gasteiger partial charge in [-0.05, 0) is 62.1 Å². The van der Waals surface area contributed by atoms with Crippen LogP contribution in [0.15, 0.2) is 24.3 Å². The minimum absolute atomic E-state index is 0.234. The first kappa shape index (κ1) is 22.3. The van der Waals surface area contributed by atoms with Gasteiger partial charge in [-0.25, -0.2) is 4.79 Å². The van der Waals surface area contributed by atoms with Crippen LogP contribution in [0.1, 0.15) is 79.2 Å². The predicted molar refractivity (Wildman–Crippen MR) is 121 cm³/mol. The maximum atomic E-state index is 13.1. The molecule has 0 radical (unpaired) electrons. The normalized spacial score (nSPS) is 14.7. The number of anilines is 1. The molecule has 1 aromatic heterocycles. The Morgan fingerprint density at radius 1 is 1.13 bits per heavy atom. The van der Waals surface area contributed by atoms with Crippen LogP contribution in [0.25, 0.3) is 0 Å². The minimum Gasteiger partial charge on any atom is -0.480 e. The molecule has 0 spiro atoms. The van der Waals surface area contributed by atoms with Gasteiger partial charge in [0.25, 0.3) is 5.91 Å². The standard InChI is InChI=1S/C24H31NO4S/c1-5-15(4)16-11-8-9-13-19(16)29-18(6-2)22(26)25-23-21(24(27)28-7-3)17-12-10-14-20(17)30-23/h8-9,11,13,15,18H,5-7,10,12,14H2,1-4H3,(H,25,26). The van der Waals surface area contributed by atoms with E-state index >= 15 is 0 Å². The van der Waals surface area contributed by atoms with Crippen LogP contribution in [-0.4, -0.2) is 24.6 Å². The molecule has 1 heterocycles. The van der Waals surface area contributed by atoms with Crippen molar-refractivity contribution in [3.05, 3.63) is 45.8 Å². The second kappa shape index (κ2) is 10.1. The summed E-state index contributed by atoms with van der Waals surface area (Å²) in [7, 11) is 0. The van der Waals surface area contributed by atoms with Gasteiger partial charge in [-0.15, -0.1) is 11.3 Å². The quantitative estimate of drug-likeness (QED) is 0.518. The van der Waals surface area contributed by atoms with Crippen LogP contribution in [-0.2, 0) is 22.4 Å². The lowest BCUT2D eigenvalue weighted by Gasteiger charge is -2.21. The van der Waals surface area contributed by atoms with Crippen molar-refractivity contribution in [1.29, 1.82) is 0 Å². The van der Waals surface area contributed by atoms with Crippen LogP contribution in [0.4, 0.5) is 5.00 Å². The SMILES string of the molecule is CCOC(=O)c1c(NC(=O)C(CC)Oc2ccccc2C(C)CC)sc2c1CCC2. The van der Waals surface area contributed by atoms with E-state index in [0.717, 1.165) is 42.6 Å². The first-order valence-electron chi connectivity index (χ1n) is 10.9. The molecule has 6 heteroatoms. The molecule has 2 unspecified atom stereocenters. The van der Waals surface area contributed by atoms with E-state index in [2.05, 4.69) is 25.2 Å². The summed E-state index contributed by atoms with van der Waals surface area (Å²) in [5, 5.41) is 3.55. The Balaban J connectivity index is 1.81. The first-order chi connectivity index (χ1) is 14.5. The molecular weight excluding hydrogens is 398 g/mol. The molecule has 1 N–H and O–H groups in total. The van der Waals surface area contributed by atoms with E-state index in [1.165, 1.54) is 16.2 Å². The number of carbonyl (C=O) groups excluding carboxylic acids is 2. The number of benzene rings is 1. The van der Waals surface area contributed by atoms with Crippen molar-refractivity contribution < 1.29 is 19.1 Å². The van der Waals surface area contributed by atoms with Gasteiger partial charge < -0.3 is 14.8 Å². The predicted octanol–water partition coefficient (Wildman–Crippen LogP) is 5.72. The maximum absolute atomic E-state index is 13.1. The van der Waals surface area contributed by atoms with Crippen molar-refractivity contribution in [3.63, 3.8) is 0 Å². The van der Waals surface area contributed by atoms with E-state index < -0.39 is 6.10 Å². The molecule has 30 heavy (non-hydrogen) atoms. The van der Waals surface area contributed by atoms with Gasteiger partial charge in [-0.1, -0.05) is 39.0 Å². The number of thiophene rings is 1. The van der Waals surface area contributed by atoms with E-state index in [1.807, 2.05) is 25.1 Å². The number of aryl methyl sites for hydroxylation is 1. The van der Waals surface area contributed by atoms with E-state index in [-0.39, 0.29) is 11.9 Å². The number of ether oxygens (including phenoxy) is 2. The summed E-state index contributed by atoms with van der Waals surface area (Å²) in [6, 6.07) is 7.89. The average Bonchev–Trinajstić information content (AvgIpc) is 3.32. The fourth-order valence-corrected chi connectivity index (χ4v) is 5.07. The monoisotopic (exact) mass is 429 g/mol. The first-order valence-corrected chi connectivity index (χ1v) is 11.7. The van der Waals surface area contributed by atoms with E-state index in [4.69, 9.17) is 9.47 Å². The Hall–Kier alpha value is -2.34. The van der Waals surface area contributed by atoms with Gasteiger partial charge in [0.15, 0.2) is 6.10 Å². The van der Waals surface area contributed by atoms with Gasteiger partial charge >= 0.3 is 5.97 Å². The van der Waals surface area contributed by atoms with Crippen LogP contribution in [0.5, 0.6) is 5.75 Å². The number of carbonyl (C=O) groups is 2. The number of nitrogens with one attached hydrogen (secondary N) is 1. The second-order valence-corrected chi connectivity index (χ2v) is 8.74. The molecule has 0 saturated carbocycles. The summed E-state index contributed by atoms with van der Waals surface area (Å²) in [4.78, 5) is 26.8. The molecule has 0 bridgehead atoms. The lowest BCUT2D eigenvalue weighted by molar-refractivity contribution is -0.122. The molecule has 2 atom stereocenters. The molecular formula is C24H31NO4S. The van der Waals surface area contributed by atoms with Crippen molar-refractivity contribution in [2.45, 2.75) is 71.8 Å². The summed E-state index contributed by atoms with van der Waals surface area (Å²) < 4.78 is 11.4. The highest BCUT2D eigenvalue weighted by molar-refractivity contribution is 7.17. The molecule has 1 aliphatic rings. The second-order valence-electron chi connectivity index (χ2n) is 7.63. The Labute approximate surface area is 182 Å². The molecule has 2 aromatic rings. The fraction of sp³-hybridized carbons (Fsp3) is 0.500. The van der Waals surface area contributed by atoms with Crippen molar-refractivity contribution in [3.8, 4) is 5.75 Å². The molecule has 0 saturated heterocycles. The van der Waals surface area contributed by atoms with Gasteiger partial charge in [-0.3, -0.25) is 4.79 Å². The highest BCUT2D eigenvalue weighted by atomic mass is 32.1. The number of hydrogen-bond donors (Lipinski definition) is 1. The van der Waals surface area contributed by atoms with Crippen LogP contribution < -0.4 is 10.1 Å². The fourth-order valence-electron chi connectivity index (χ4n) is 3.79. The highest BCUT2D eigenvalue weighted by Gasteiger charge is 2.30. The zero-order valence-electron chi connectivity index (χ0n) is 18.2. The molecule has 1 aromatic carbocycles. The molecule has 1 aliphatic carbocycles. The molecule has 0 fully saturated rings. The molecule has 3 rings (SSSR count). The van der Waals surface area contributed by atoms with Crippen molar-refractivity contribution >= 4 is 28.2 Å². The van der Waals surface area contributed by atoms with Gasteiger partial charge in [0.2, 0.25) is 0 Å². The van der Waals surface area contributed by atoms with Crippen LogP contribution in [0, 0.1) is 0 Å². The number of rotatable bonds is 9. The molecule has 0 aliphatic heterocycles. The molecule has 1 amide bonds. The van der Waals surface area contributed by atoms with Crippen LogP contribution in [0.3, 0.4) is 0 Å². The van der Waals surface area contributed by atoms with E-state index in [0.29, 0.717) is 29.5 Å². The third-order valence-electron chi connectivity index (χ3n) is 5.63. The topological polar surface area (TPSA) is 64.6 Å². The third kappa shape index (κ3) is 4.69. The van der Waals surface area contributed by atoms with Gasteiger partial charge in [0, 0.05) is 4.88 Å². The zero-order valence-corrected chi connectivity index (χ0v) is 19.1. The Bertz CT molecular complexity index is 905. The third-order valence-corrected chi connectivity index (χ3v) is 6.84. The molecule has 162 valence electrons.